The predicted molar refractivity (Wildman–Crippen MR) is 101 cm³/mol. The number of halogens is 1. The quantitative estimate of drug-likeness (QED) is 0.183. The summed E-state index contributed by atoms with van der Waals surface area (Å²) in [7, 11) is 0. The van der Waals surface area contributed by atoms with Gasteiger partial charge in [-0.3, -0.25) is 0 Å². The van der Waals surface area contributed by atoms with E-state index in [4.69, 9.17) is 16.3 Å². The van der Waals surface area contributed by atoms with Gasteiger partial charge in [-0.05, 0) is 13.3 Å². The molecule has 0 aromatic heterocycles. The molecular weight excluding hydrogens is 292 g/mol. The molecule has 0 N–H and O–H groups in total. The smallest absolute Gasteiger partial charge is 0.128 e. The van der Waals surface area contributed by atoms with Gasteiger partial charge in [-0.15, -0.1) is 0 Å². The lowest BCUT2D eigenvalue weighted by Crippen LogP contribution is -2.00. The molecule has 0 saturated carbocycles. The van der Waals surface area contributed by atoms with Crippen LogP contribution in [0.15, 0.2) is 0 Å². The van der Waals surface area contributed by atoms with Crippen molar-refractivity contribution in [3.05, 3.63) is 0 Å². The fraction of sp³-hybridized carbons (Fsp3) is 1.00. The first-order valence-corrected chi connectivity index (χ1v) is 10.5. The maximum Gasteiger partial charge on any atom is 0.128 e. The molecule has 22 heavy (non-hydrogen) atoms. The van der Waals surface area contributed by atoms with Crippen LogP contribution in [-0.4, -0.2) is 12.2 Å². The third-order valence-electron chi connectivity index (χ3n) is 4.35. The Bertz CT molecular complexity index is 194. The van der Waals surface area contributed by atoms with E-state index in [0.717, 1.165) is 13.0 Å². The summed E-state index contributed by atoms with van der Waals surface area (Å²) in [6.07, 6.45) is 22.5. The first kappa shape index (κ1) is 22.2. The zero-order valence-electron chi connectivity index (χ0n) is 15.4. The molecule has 1 nitrogen and oxygen atoms in total. The normalized spacial score (nSPS) is 12.7. The van der Waals surface area contributed by atoms with Crippen molar-refractivity contribution in [1.82, 2.24) is 0 Å². The molecule has 2 heteroatoms. The van der Waals surface area contributed by atoms with Crippen LogP contribution in [0.25, 0.3) is 0 Å². The molecule has 1 unspecified atom stereocenters. The second-order valence-corrected chi connectivity index (χ2v) is 7.33. The second-order valence-electron chi connectivity index (χ2n) is 6.72. The Morgan fingerprint density at radius 2 is 0.909 bits per heavy atom. The van der Waals surface area contributed by atoms with E-state index >= 15 is 0 Å². The van der Waals surface area contributed by atoms with Crippen LogP contribution < -0.4 is 0 Å². The van der Waals surface area contributed by atoms with Gasteiger partial charge in [-0.2, -0.15) is 0 Å². The molecule has 134 valence electrons. The minimum atomic E-state index is -0.128. The number of hydrogen-bond acceptors (Lipinski definition) is 1. The lowest BCUT2D eigenvalue weighted by atomic mass is 10.0. The molecule has 1 atom stereocenters. The van der Waals surface area contributed by atoms with E-state index in [-0.39, 0.29) is 5.56 Å². The van der Waals surface area contributed by atoms with E-state index in [1.165, 1.54) is 96.3 Å². The fourth-order valence-electron chi connectivity index (χ4n) is 2.90. The minimum Gasteiger partial charge on any atom is -0.363 e. The average molecular weight is 333 g/mol. The summed E-state index contributed by atoms with van der Waals surface area (Å²) in [5.41, 5.74) is -0.128. The van der Waals surface area contributed by atoms with Gasteiger partial charge in [0.05, 0.1) is 0 Å². The van der Waals surface area contributed by atoms with Gasteiger partial charge in [-0.25, -0.2) is 0 Å². The Balaban J connectivity index is 2.94. The van der Waals surface area contributed by atoms with Crippen molar-refractivity contribution in [1.29, 1.82) is 0 Å². The number of unbranched alkanes of at least 4 members (excludes halogenated alkanes) is 15. The van der Waals surface area contributed by atoms with Gasteiger partial charge in [0.2, 0.25) is 0 Å². The Hall–Kier alpha value is 0.250. The van der Waals surface area contributed by atoms with Crippen LogP contribution in [0.4, 0.5) is 0 Å². The first-order valence-electron chi connectivity index (χ1n) is 10.0. The van der Waals surface area contributed by atoms with E-state index in [2.05, 4.69) is 6.92 Å². The summed E-state index contributed by atoms with van der Waals surface area (Å²) in [5, 5.41) is 0. The molecule has 0 radical (unpaired) electrons. The molecule has 0 fully saturated rings. The maximum atomic E-state index is 5.73. The summed E-state index contributed by atoms with van der Waals surface area (Å²) in [6.45, 7) is 4.99. The van der Waals surface area contributed by atoms with Crippen molar-refractivity contribution < 1.29 is 4.74 Å². The maximum absolute atomic E-state index is 5.73. The van der Waals surface area contributed by atoms with Gasteiger partial charge in [0.25, 0.3) is 0 Å². The van der Waals surface area contributed by atoms with E-state index in [0.29, 0.717) is 0 Å². The van der Waals surface area contributed by atoms with Crippen LogP contribution in [0.2, 0.25) is 0 Å². The SMILES string of the molecule is CCCCCCCCCCCCCCCCCCOC(C)Cl. The number of hydrogen-bond donors (Lipinski definition) is 0. The molecule has 0 aliphatic heterocycles. The number of ether oxygens (including phenoxy) is 1. The van der Waals surface area contributed by atoms with E-state index in [1.54, 1.807) is 0 Å². The summed E-state index contributed by atoms with van der Waals surface area (Å²) in [5.74, 6) is 0. The van der Waals surface area contributed by atoms with Crippen molar-refractivity contribution >= 4 is 11.6 Å². The summed E-state index contributed by atoms with van der Waals surface area (Å²) < 4.78 is 5.33. The molecule has 0 bridgehead atoms. The van der Waals surface area contributed by atoms with Gasteiger partial charge in [0.15, 0.2) is 0 Å². The molecule has 0 heterocycles. The Morgan fingerprint density at radius 3 is 1.23 bits per heavy atom. The van der Waals surface area contributed by atoms with Crippen LogP contribution in [0.3, 0.4) is 0 Å². The summed E-state index contributed by atoms with van der Waals surface area (Å²) >= 11 is 5.73. The van der Waals surface area contributed by atoms with Gasteiger partial charge in [0.1, 0.15) is 5.56 Å². The predicted octanol–water partition coefficient (Wildman–Crippen LogP) is 7.85. The van der Waals surface area contributed by atoms with Crippen LogP contribution in [0.1, 0.15) is 117 Å². The van der Waals surface area contributed by atoms with Gasteiger partial charge < -0.3 is 4.74 Å². The molecule has 0 saturated heterocycles. The highest BCUT2D eigenvalue weighted by Crippen LogP contribution is 2.13. The molecule has 0 aromatic carbocycles. The molecule has 0 amide bonds. The van der Waals surface area contributed by atoms with Crippen molar-refractivity contribution in [2.45, 2.75) is 122 Å². The molecule has 0 aliphatic rings. The average Bonchev–Trinajstić information content (AvgIpc) is 2.50. The standard InChI is InChI=1S/C20H41ClO/c1-3-4-5-6-7-8-9-10-11-12-13-14-15-16-17-18-19-22-20(2)21/h20H,3-19H2,1-2H3. The van der Waals surface area contributed by atoms with Crippen LogP contribution in [0, 0.1) is 0 Å². The molecule has 0 spiro atoms. The third kappa shape index (κ3) is 20.2. The molecule has 0 aliphatic carbocycles. The van der Waals surface area contributed by atoms with Gasteiger partial charge >= 0.3 is 0 Å². The summed E-state index contributed by atoms with van der Waals surface area (Å²) in [6, 6.07) is 0. The Labute approximate surface area is 145 Å². The fourth-order valence-corrected chi connectivity index (χ4v) is 2.98. The topological polar surface area (TPSA) is 9.23 Å². The van der Waals surface area contributed by atoms with Crippen molar-refractivity contribution in [2.24, 2.45) is 0 Å². The Kier molecular flexibility index (Phi) is 19.5. The van der Waals surface area contributed by atoms with Crippen molar-refractivity contribution in [3.8, 4) is 0 Å². The van der Waals surface area contributed by atoms with Gasteiger partial charge in [-0.1, -0.05) is 115 Å². The van der Waals surface area contributed by atoms with Crippen molar-refractivity contribution in [2.75, 3.05) is 6.61 Å². The Morgan fingerprint density at radius 1 is 0.591 bits per heavy atom. The van der Waals surface area contributed by atoms with E-state index in [9.17, 15) is 0 Å². The number of alkyl halides is 1. The van der Waals surface area contributed by atoms with E-state index < -0.39 is 0 Å². The highest BCUT2D eigenvalue weighted by Gasteiger charge is 1.96. The number of rotatable bonds is 18. The minimum absolute atomic E-state index is 0.128. The second kappa shape index (κ2) is 19.3. The van der Waals surface area contributed by atoms with Crippen LogP contribution in [-0.2, 0) is 4.74 Å². The molecular formula is C20H41ClO. The van der Waals surface area contributed by atoms with Crippen molar-refractivity contribution in [3.63, 3.8) is 0 Å². The van der Waals surface area contributed by atoms with E-state index in [1.807, 2.05) is 6.92 Å². The lowest BCUT2D eigenvalue weighted by Gasteiger charge is -2.05. The largest absolute Gasteiger partial charge is 0.363 e. The highest BCUT2D eigenvalue weighted by atomic mass is 35.5. The zero-order chi connectivity index (χ0) is 16.3. The molecule has 0 aromatic rings. The third-order valence-corrected chi connectivity index (χ3v) is 4.47. The highest BCUT2D eigenvalue weighted by molar-refractivity contribution is 6.19. The monoisotopic (exact) mass is 332 g/mol. The van der Waals surface area contributed by atoms with Crippen LogP contribution >= 0.6 is 11.6 Å². The van der Waals surface area contributed by atoms with Crippen LogP contribution in [0.5, 0.6) is 0 Å². The molecule has 0 rings (SSSR count). The summed E-state index contributed by atoms with van der Waals surface area (Å²) in [4.78, 5) is 0. The lowest BCUT2D eigenvalue weighted by molar-refractivity contribution is 0.115. The first-order chi connectivity index (χ1) is 10.8. The van der Waals surface area contributed by atoms with Gasteiger partial charge in [0, 0.05) is 6.61 Å². The zero-order valence-corrected chi connectivity index (χ0v) is 16.1.